The van der Waals surface area contributed by atoms with Crippen molar-refractivity contribution >= 4 is 27.5 Å². The van der Waals surface area contributed by atoms with E-state index in [4.69, 9.17) is 11.6 Å². The molecule has 5 nitrogen and oxygen atoms in total. The SMILES string of the molecule is O=S(=O)(ONc1ccc(Cl)cn1)C(F)(F)F. The molecule has 1 aromatic heterocycles. The number of anilines is 1. The molecule has 16 heavy (non-hydrogen) atoms. The molecule has 1 rings (SSSR count). The quantitative estimate of drug-likeness (QED) is 0.675. The monoisotopic (exact) mass is 276 g/mol. The molecule has 10 heteroatoms. The number of nitrogens with zero attached hydrogens (tertiary/aromatic N) is 1. The molecule has 0 atom stereocenters. The zero-order chi connectivity index (χ0) is 12.4. The molecule has 1 aromatic rings. The van der Waals surface area contributed by atoms with Gasteiger partial charge in [-0.05, 0) is 12.1 Å². The summed E-state index contributed by atoms with van der Waals surface area (Å²) >= 11 is 5.44. The molecule has 0 bridgehead atoms. The number of halogens is 4. The van der Waals surface area contributed by atoms with Crippen LogP contribution >= 0.6 is 11.6 Å². The zero-order valence-electron chi connectivity index (χ0n) is 7.32. The van der Waals surface area contributed by atoms with Gasteiger partial charge in [-0.1, -0.05) is 11.6 Å². The van der Waals surface area contributed by atoms with Gasteiger partial charge in [-0.2, -0.15) is 21.6 Å². The molecule has 0 aliphatic rings. The van der Waals surface area contributed by atoms with E-state index >= 15 is 0 Å². The van der Waals surface area contributed by atoms with Crippen molar-refractivity contribution in [3.63, 3.8) is 0 Å². The molecule has 0 amide bonds. The fourth-order valence-electron chi connectivity index (χ4n) is 0.581. The van der Waals surface area contributed by atoms with Gasteiger partial charge in [0, 0.05) is 6.20 Å². The van der Waals surface area contributed by atoms with E-state index < -0.39 is 15.6 Å². The predicted octanol–water partition coefficient (Wildman–Crippen LogP) is 1.93. The number of rotatable bonds is 3. The molecule has 90 valence electrons. The highest BCUT2D eigenvalue weighted by atomic mass is 35.5. The molecule has 0 saturated heterocycles. The predicted molar refractivity (Wildman–Crippen MR) is 48.9 cm³/mol. The molecule has 0 fully saturated rings. The van der Waals surface area contributed by atoms with Crippen molar-refractivity contribution in [2.24, 2.45) is 0 Å². The minimum absolute atomic E-state index is 0.225. The molecule has 0 spiro atoms. The lowest BCUT2D eigenvalue weighted by atomic mass is 10.5. The highest BCUT2D eigenvalue weighted by molar-refractivity contribution is 7.87. The second-order valence-electron chi connectivity index (χ2n) is 2.45. The molecule has 0 aliphatic heterocycles. The van der Waals surface area contributed by atoms with Crippen molar-refractivity contribution < 1.29 is 25.9 Å². The summed E-state index contributed by atoms with van der Waals surface area (Å²) in [7, 11) is -5.69. The molecule has 1 heterocycles. The highest BCUT2D eigenvalue weighted by Crippen LogP contribution is 2.24. The summed E-state index contributed by atoms with van der Waals surface area (Å²) in [5.74, 6) is -0.225. The van der Waals surface area contributed by atoms with Gasteiger partial charge >= 0.3 is 15.6 Å². The number of alkyl halides is 3. The summed E-state index contributed by atoms with van der Waals surface area (Å²) in [5.41, 5.74) is -3.95. The lowest BCUT2D eigenvalue weighted by molar-refractivity contribution is -0.0527. The van der Waals surface area contributed by atoms with Crippen LogP contribution in [0.3, 0.4) is 0 Å². The normalized spacial score (nSPS) is 12.5. The van der Waals surface area contributed by atoms with E-state index in [9.17, 15) is 21.6 Å². The Kier molecular flexibility index (Phi) is 3.61. The smallest absolute Gasteiger partial charge is 0.236 e. The Morgan fingerprint density at radius 2 is 2.00 bits per heavy atom. The second-order valence-corrected chi connectivity index (χ2v) is 4.42. The van der Waals surface area contributed by atoms with Crippen LogP contribution in [0.25, 0.3) is 0 Å². The fraction of sp³-hybridized carbons (Fsp3) is 0.167. The van der Waals surface area contributed by atoms with Crippen LogP contribution < -0.4 is 5.48 Å². The van der Waals surface area contributed by atoms with Crippen molar-refractivity contribution in [2.45, 2.75) is 5.51 Å². The average Bonchev–Trinajstić information content (AvgIpc) is 2.15. The topological polar surface area (TPSA) is 68.3 Å². The summed E-state index contributed by atoms with van der Waals surface area (Å²) in [6.07, 6.45) is 1.10. The van der Waals surface area contributed by atoms with Crippen molar-refractivity contribution in [2.75, 3.05) is 5.48 Å². The Labute approximate surface area is 93.3 Å². The van der Waals surface area contributed by atoms with E-state index in [1.165, 1.54) is 6.07 Å². The molecule has 0 unspecified atom stereocenters. The first-order valence-corrected chi connectivity index (χ1v) is 5.38. The number of hydrogen-bond donors (Lipinski definition) is 1. The maximum Gasteiger partial charge on any atom is 0.525 e. The maximum absolute atomic E-state index is 11.8. The Hall–Kier alpha value is -1.06. The molecule has 0 radical (unpaired) electrons. The molecule has 0 aromatic carbocycles. The number of pyridine rings is 1. The Bertz CT molecular complexity index is 459. The van der Waals surface area contributed by atoms with E-state index in [2.05, 4.69) is 9.27 Å². The van der Waals surface area contributed by atoms with Gasteiger partial charge in [0.1, 0.15) is 0 Å². The van der Waals surface area contributed by atoms with Gasteiger partial charge < -0.3 is 0 Å². The Morgan fingerprint density at radius 1 is 1.38 bits per heavy atom. The van der Waals surface area contributed by atoms with Gasteiger partial charge in [-0.15, -0.1) is 4.28 Å². The first-order chi connectivity index (χ1) is 7.22. The second kappa shape index (κ2) is 4.44. The highest BCUT2D eigenvalue weighted by Gasteiger charge is 2.48. The van der Waals surface area contributed by atoms with Crippen molar-refractivity contribution in [1.29, 1.82) is 0 Å². The van der Waals surface area contributed by atoms with E-state index in [1.807, 2.05) is 0 Å². The third-order valence-corrected chi connectivity index (χ3v) is 2.36. The maximum atomic E-state index is 11.8. The van der Waals surface area contributed by atoms with Gasteiger partial charge in [0.25, 0.3) is 0 Å². The number of hydrogen-bond acceptors (Lipinski definition) is 5. The van der Waals surface area contributed by atoms with E-state index in [-0.39, 0.29) is 10.8 Å². The van der Waals surface area contributed by atoms with Gasteiger partial charge in [-0.25, -0.2) is 10.5 Å². The lowest BCUT2D eigenvalue weighted by Crippen LogP contribution is -2.27. The van der Waals surface area contributed by atoms with Crippen LogP contribution in [0.2, 0.25) is 5.02 Å². The van der Waals surface area contributed by atoms with Crippen LogP contribution in [0.15, 0.2) is 18.3 Å². The largest absolute Gasteiger partial charge is 0.525 e. The first-order valence-electron chi connectivity index (χ1n) is 3.60. The van der Waals surface area contributed by atoms with Crippen LogP contribution in [-0.4, -0.2) is 18.9 Å². The average molecular weight is 277 g/mol. The van der Waals surface area contributed by atoms with Crippen molar-refractivity contribution in [1.82, 2.24) is 4.98 Å². The van der Waals surface area contributed by atoms with E-state index in [0.29, 0.717) is 0 Å². The van der Waals surface area contributed by atoms with Crippen LogP contribution in [0.4, 0.5) is 19.0 Å². The van der Waals surface area contributed by atoms with Crippen molar-refractivity contribution in [3.8, 4) is 0 Å². The molecular weight excluding hydrogens is 273 g/mol. The van der Waals surface area contributed by atoms with E-state index in [1.54, 1.807) is 5.48 Å². The summed E-state index contributed by atoms with van der Waals surface area (Å²) in [6, 6.07) is 2.44. The standard InChI is InChI=1S/C6H4ClF3N2O3S/c7-4-1-2-5(11-3-4)12-15-16(13,14)6(8,9)10/h1-3H,(H,11,12). The number of aromatic nitrogens is 1. The van der Waals surface area contributed by atoms with Crippen LogP contribution in [0.1, 0.15) is 0 Å². The molecular formula is C6H4ClF3N2O3S. The summed E-state index contributed by atoms with van der Waals surface area (Å²) in [6.45, 7) is 0. The van der Waals surface area contributed by atoms with Gasteiger partial charge in [0.2, 0.25) is 0 Å². The summed E-state index contributed by atoms with van der Waals surface area (Å²) in [4.78, 5) is 3.46. The minimum atomic E-state index is -5.69. The van der Waals surface area contributed by atoms with Crippen LogP contribution in [-0.2, 0) is 14.4 Å². The third kappa shape index (κ3) is 3.22. The van der Waals surface area contributed by atoms with Gasteiger partial charge in [0.15, 0.2) is 5.82 Å². The van der Waals surface area contributed by atoms with Crippen LogP contribution in [0, 0.1) is 0 Å². The third-order valence-electron chi connectivity index (χ3n) is 1.27. The Morgan fingerprint density at radius 3 is 2.44 bits per heavy atom. The molecule has 0 saturated carbocycles. The van der Waals surface area contributed by atoms with Gasteiger partial charge in [0.05, 0.1) is 5.02 Å². The fourth-order valence-corrected chi connectivity index (χ4v) is 0.982. The van der Waals surface area contributed by atoms with E-state index in [0.717, 1.165) is 12.3 Å². The molecule has 0 aliphatic carbocycles. The first kappa shape index (κ1) is 13.0. The summed E-state index contributed by atoms with van der Waals surface area (Å²) in [5, 5.41) is 0.240. The zero-order valence-corrected chi connectivity index (χ0v) is 8.90. The van der Waals surface area contributed by atoms with Crippen LogP contribution in [0.5, 0.6) is 0 Å². The number of nitrogens with one attached hydrogen (secondary N) is 1. The van der Waals surface area contributed by atoms with Gasteiger partial charge in [-0.3, -0.25) is 0 Å². The molecule has 1 N–H and O–H groups in total. The van der Waals surface area contributed by atoms with Crippen molar-refractivity contribution in [3.05, 3.63) is 23.4 Å². The summed E-state index contributed by atoms with van der Waals surface area (Å²) < 4.78 is 59.8. The Balaban J connectivity index is 2.69. The minimum Gasteiger partial charge on any atom is -0.236 e. The lowest BCUT2D eigenvalue weighted by Gasteiger charge is -2.08.